The summed E-state index contributed by atoms with van der Waals surface area (Å²) in [5, 5.41) is 0. The van der Waals surface area contributed by atoms with Crippen molar-refractivity contribution >= 4 is 11.6 Å². The topological polar surface area (TPSA) is 38.8 Å². The average molecular weight is 436 g/mol. The second-order valence-corrected chi connectivity index (χ2v) is 8.09. The Kier molecular flexibility index (Phi) is 5.35. The van der Waals surface area contributed by atoms with Crippen molar-refractivity contribution in [1.29, 1.82) is 0 Å². The number of nitrogens with zero attached hydrogens (tertiary/aromatic N) is 1. The van der Waals surface area contributed by atoms with E-state index in [9.17, 15) is 4.79 Å². The highest BCUT2D eigenvalue weighted by Crippen LogP contribution is 2.57. The van der Waals surface area contributed by atoms with Crippen molar-refractivity contribution in [3.63, 3.8) is 0 Å². The summed E-state index contributed by atoms with van der Waals surface area (Å²) >= 11 is 0. The fourth-order valence-corrected chi connectivity index (χ4v) is 4.88. The standard InChI is InChI=1S/C29H25NO3/c1-32-25-17-13-22(14-18-25)29(23-15-19-26(33-2)20-16-23)27(21-9-5-3-6-10-21)30(28(29)31)24-11-7-4-8-12-24/h3-20,27H,1-2H3. The molecule has 1 atom stereocenters. The molecule has 1 amide bonds. The fraction of sp³-hybridized carbons (Fsp3) is 0.138. The van der Waals surface area contributed by atoms with Gasteiger partial charge in [-0.2, -0.15) is 0 Å². The summed E-state index contributed by atoms with van der Waals surface area (Å²) < 4.78 is 10.8. The first-order chi connectivity index (χ1) is 16.2. The Morgan fingerprint density at radius 2 is 1.09 bits per heavy atom. The first-order valence-corrected chi connectivity index (χ1v) is 10.9. The van der Waals surface area contributed by atoms with E-state index in [1.165, 1.54) is 0 Å². The molecular weight excluding hydrogens is 410 g/mol. The Labute approximate surface area is 194 Å². The first kappa shape index (κ1) is 20.8. The van der Waals surface area contributed by atoms with Gasteiger partial charge < -0.3 is 14.4 Å². The highest BCUT2D eigenvalue weighted by molar-refractivity contribution is 6.12. The van der Waals surface area contributed by atoms with Crippen molar-refractivity contribution in [2.75, 3.05) is 19.1 Å². The molecule has 1 unspecified atom stereocenters. The van der Waals surface area contributed by atoms with Gasteiger partial charge in [-0.1, -0.05) is 72.8 Å². The lowest BCUT2D eigenvalue weighted by Gasteiger charge is -2.57. The number of anilines is 1. The van der Waals surface area contributed by atoms with Gasteiger partial charge in [0.25, 0.3) is 0 Å². The van der Waals surface area contributed by atoms with Crippen LogP contribution in [0.25, 0.3) is 0 Å². The van der Waals surface area contributed by atoms with Crippen LogP contribution in [0, 0.1) is 0 Å². The monoisotopic (exact) mass is 435 g/mol. The van der Waals surface area contributed by atoms with Gasteiger partial charge in [-0.15, -0.1) is 0 Å². The zero-order valence-electron chi connectivity index (χ0n) is 18.6. The van der Waals surface area contributed by atoms with Crippen molar-refractivity contribution < 1.29 is 14.3 Å². The molecular formula is C29H25NO3. The third-order valence-corrected chi connectivity index (χ3v) is 6.46. The molecule has 1 aliphatic heterocycles. The summed E-state index contributed by atoms with van der Waals surface area (Å²) in [4.78, 5) is 16.1. The minimum Gasteiger partial charge on any atom is -0.497 e. The Morgan fingerprint density at radius 1 is 0.636 bits per heavy atom. The molecule has 4 aromatic rings. The van der Waals surface area contributed by atoms with Crippen molar-refractivity contribution in [2.45, 2.75) is 11.5 Å². The summed E-state index contributed by atoms with van der Waals surface area (Å²) in [5.41, 5.74) is 2.94. The molecule has 0 aromatic heterocycles. The van der Waals surface area contributed by atoms with E-state index in [4.69, 9.17) is 9.47 Å². The van der Waals surface area contributed by atoms with Gasteiger partial charge >= 0.3 is 0 Å². The molecule has 1 heterocycles. The zero-order valence-corrected chi connectivity index (χ0v) is 18.6. The third-order valence-electron chi connectivity index (χ3n) is 6.46. The van der Waals surface area contributed by atoms with Crippen LogP contribution in [0.4, 0.5) is 5.69 Å². The Bertz CT molecular complexity index is 1190. The molecule has 5 rings (SSSR count). The minimum absolute atomic E-state index is 0.0397. The third kappa shape index (κ3) is 3.26. The molecule has 4 aromatic carbocycles. The average Bonchev–Trinajstić information content (AvgIpc) is 2.89. The molecule has 1 saturated heterocycles. The summed E-state index contributed by atoms with van der Waals surface area (Å²) in [6.07, 6.45) is 0. The zero-order chi connectivity index (χ0) is 22.8. The van der Waals surface area contributed by atoms with E-state index < -0.39 is 5.41 Å². The van der Waals surface area contributed by atoms with Crippen LogP contribution in [-0.2, 0) is 10.2 Å². The van der Waals surface area contributed by atoms with Crippen molar-refractivity contribution in [3.8, 4) is 11.5 Å². The van der Waals surface area contributed by atoms with Crippen LogP contribution in [0.2, 0.25) is 0 Å². The second kappa shape index (κ2) is 8.47. The van der Waals surface area contributed by atoms with Gasteiger partial charge in [-0.25, -0.2) is 0 Å². The predicted molar refractivity (Wildman–Crippen MR) is 130 cm³/mol. The van der Waals surface area contributed by atoms with E-state index >= 15 is 0 Å². The molecule has 0 N–H and O–H groups in total. The number of benzene rings is 4. The lowest BCUT2D eigenvalue weighted by atomic mass is 9.59. The normalized spacial score (nSPS) is 16.7. The molecule has 0 spiro atoms. The van der Waals surface area contributed by atoms with E-state index in [1.807, 2.05) is 102 Å². The van der Waals surface area contributed by atoms with E-state index in [1.54, 1.807) is 14.2 Å². The van der Waals surface area contributed by atoms with Gasteiger partial charge in [0, 0.05) is 5.69 Å². The number of rotatable bonds is 6. The summed E-state index contributed by atoms with van der Waals surface area (Å²) in [5.74, 6) is 1.55. The van der Waals surface area contributed by atoms with E-state index in [0.29, 0.717) is 0 Å². The first-order valence-electron chi connectivity index (χ1n) is 10.9. The quantitative estimate of drug-likeness (QED) is 0.361. The van der Waals surface area contributed by atoms with Crippen LogP contribution in [-0.4, -0.2) is 20.1 Å². The van der Waals surface area contributed by atoms with Gasteiger partial charge in [0.1, 0.15) is 16.9 Å². The number of carbonyl (C=O) groups is 1. The smallest absolute Gasteiger partial charge is 0.245 e. The molecule has 164 valence electrons. The van der Waals surface area contributed by atoms with Crippen LogP contribution in [0.5, 0.6) is 11.5 Å². The molecule has 1 fully saturated rings. The molecule has 4 heteroatoms. The number of hydrogen-bond acceptors (Lipinski definition) is 3. The maximum Gasteiger partial charge on any atom is 0.245 e. The highest BCUT2D eigenvalue weighted by atomic mass is 16.5. The number of carbonyl (C=O) groups excluding carboxylic acids is 1. The van der Waals surface area contributed by atoms with Crippen molar-refractivity contribution in [3.05, 3.63) is 126 Å². The minimum atomic E-state index is -0.879. The fourth-order valence-electron chi connectivity index (χ4n) is 4.88. The summed E-state index contributed by atoms with van der Waals surface area (Å²) in [7, 11) is 3.29. The van der Waals surface area contributed by atoms with Crippen LogP contribution in [0.15, 0.2) is 109 Å². The lowest BCUT2D eigenvalue weighted by Crippen LogP contribution is -2.67. The molecule has 4 nitrogen and oxygen atoms in total. The van der Waals surface area contributed by atoms with E-state index in [2.05, 4.69) is 12.1 Å². The van der Waals surface area contributed by atoms with E-state index in [0.717, 1.165) is 33.9 Å². The molecule has 33 heavy (non-hydrogen) atoms. The number of amides is 1. The maximum atomic E-state index is 14.2. The van der Waals surface area contributed by atoms with Gasteiger partial charge in [-0.05, 0) is 53.1 Å². The molecule has 0 aliphatic carbocycles. The molecule has 1 aliphatic rings. The summed E-state index contributed by atoms with van der Waals surface area (Å²) in [6, 6.07) is 35.5. The van der Waals surface area contributed by atoms with Crippen LogP contribution in [0.1, 0.15) is 22.7 Å². The number of β-lactam (4-membered cyclic amide) rings is 1. The number of methoxy groups -OCH3 is 2. The van der Waals surface area contributed by atoms with Gasteiger partial charge in [0.2, 0.25) is 5.91 Å². The van der Waals surface area contributed by atoms with Crippen molar-refractivity contribution in [1.82, 2.24) is 0 Å². The van der Waals surface area contributed by atoms with Crippen LogP contribution >= 0.6 is 0 Å². The van der Waals surface area contributed by atoms with Gasteiger partial charge in [0.05, 0.1) is 20.3 Å². The number of ether oxygens (including phenoxy) is 2. The van der Waals surface area contributed by atoms with Gasteiger partial charge in [-0.3, -0.25) is 4.79 Å². The molecule has 0 bridgehead atoms. The Hall–Kier alpha value is -4.05. The lowest BCUT2D eigenvalue weighted by molar-refractivity contribution is -0.131. The largest absolute Gasteiger partial charge is 0.497 e. The van der Waals surface area contributed by atoms with Crippen molar-refractivity contribution in [2.24, 2.45) is 0 Å². The SMILES string of the molecule is COc1ccc(C2(c3ccc(OC)cc3)C(=O)N(c3ccccc3)C2c2ccccc2)cc1. The number of hydrogen-bond donors (Lipinski definition) is 0. The Balaban J connectivity index is 1.76. The Morgan fingerprint density at radius 3 is 1.55 bits per heavy atom. The predicted octanol–water partition coefficient (Wildman–Crippen LogP) is 5.78. The summed E-state index contributed by atoms with van der Waals surface area (Å²) in [6.45, 7) is 0. The number of para-hydroxylation sites is 1. The van der Waals surface area contributed by atoms with Gasteiger partial charge in [0.15, 0.2) is 0 Å². The highest BCUT2D eigenvalue weighted by Gasteiger charge is 2.63. The van der Waals surface area contributed by atoms with Crippen LogP contribution in [0.3, 0.4) is 0 Å². The maximum absolute atomic E-state index is 14.2. The molecule has 0 saturated carbocycles. The molecule has 0 radical (unpaired) electrons. The van der Waals surface area contributed by atoms with E-state index in [-0.39, 0.29) is 11.9 Å². The second-order valence-electron chi connectivity index (χ2n) is 8.09. The van der Waals surface area contributed by atoms with Crippen LogP contribution < -0.4 is 14.4 Å².